The van der Waals surface area contributed by atoms with Gasteiger partial charge in [-0.3, -0.25) is 14.9 Å². The van der Waals surface area contributed by atoms with Crippen molar-refractivity contribution in [2.75, 3.05) is 6.79 Å². The highest BCUT2D eigenvalue weighted by Crippen LogP contribution is 2.50. The fourth-order valence-electron chi connectivity index (χ4n) is 6.33. The summed E-state index contributed by atoms with van der Waals surface area (Å²) in [6.07, 6.45) is 5.08. The van der Waals surface area contributed by atoms with Crippen LogP contribution in [0.25, 0.3) is 0 Å². The van der Waals surface area contributed by atoms with Crippen molar-refractivity contribution < 1.29 is 28.7 Å². The Labute approximate surface area is 236 Å². The first-order chi connectivity index (χ1) is 19.3. The second-order valence-corrected chi connectivity index (χ2v) is 11.2. The quantitative estimate of drug-likeness (QED) is 0.258. The number of carbonyl (C=O) groups excluding carboxylic acids is 2. The van der Waals surface area contributed by atoms with Crippen molar-refractivity contribution in [1.82, 2.24) is 5.32 Å². The number of fused-ring (bicyclic) bond motifs is 1. The van der Waals surface area contributed by atoms with Crippen LogP contribution in [0.2, 0.25) is 5.02 Å². The number of benzene rings is 2. The van der Waals surface area contributed by atoms with Gasteiger partial charge in [-0.1, -0.05) is 30.2 Å². The number of hydrogen-bond acceptors (Lipinski definition) is 8. The molecular formula is C30H29ClN2O7. The first-order valence-electron chi connectivity index (χ1n) is 13.6. The van der Waals surface area contributed by atoms with E-state index in [4.69, 9.17) is 25.8 Å². The van der Waals surface area contributed by atoms with E-state index in [1.54, 1.807) is 19.1 Å². The average molecular weight is 565 g/mol. The Bertz CT molecular complexity index is 1460. The SMILES string of the molecule is CC1=C(C(=O)OC2CCCCC2)[C@H](c2cc3c(cc2[N+](=O)[O-])OCO3)C2=C(C[C@H](c3ccc(Cl)cc3)CC2=O)N1. The van der Waals surface area contributed by atoms with Crippen LogP contribution in [-0.2, 0) is 14.3 Å². The van der Waals surface area contributed by atoms with E-state index >= 15 is 0 Å². The average Bonchev–Trinajstić information content (AvgIpc) is 3.40. The highest BCUT2D eigenvalue weighted by Gasteiger charge is 2.45. The van der Waals surface area contributed by atoms with E-state index < -0.39 is 16.8 Å². The van der Waals surface area contributed by atoms with Crippen LogP contribution in [0.1, 0.15) is 74.8 Å². The maximum Gasteiger partial charge on any atom is 0.337 e. The molecule has 0 bridgehead atoms. The molecule has 6 rings (SSSR count). The first-order valence-corrected chi connectivity index (χ1v) is 14.0. The maximum atomic E-state index is 13.9. The number of nitro benzene ring substituents is 1. The number of ether oxygens (including phenoxy) is 3. The second kappa shape index (κ2) is 10.6. The third-order valence-corrected chi connectivity index (χ3v) is 8.50. The van der Waals surface area contributed by atoms with Gasteiger partial charge in [0.15, 0.2) is 17.3 Å². The number of nitrogens with one attached hydrogen (secondary N) is 1. The lowest BCUT2D eigenvalue weighted by Gasteiger charge is -2.37. The fourth-order valence-corrected chi connectivity index (χ4v) is 6.45. The van der Waals surface area contributed by atoms with E-state index in [2.05, 4.69) is 5.32 Å². The first kappa shape index (κ1) is 26.4. The number of hydrogen-bond donors (Lipinski definition) is 1. The Morgan fingerprint density at radius 1 is 1.07 bits per heavy atom. The van der Waals surface area contributed by atoms with Crippen LogP contribution in [0, 0.1) is 10.1 Å². The summed E-state index contributed by atoms with van der Waals surface area (Å²) in [6, 6.07) is 10.2. The minimum absolute atomic E-state index is 0.0662. The summed E-state index contributed by atoms with van der Waals surface area (Å²) < 4.78 is 16.9. The van der Waals surface area contributed by atoms with Crippen LogP contribution in [0.15, 0.2) is 58.9 Å². The lowest BCUT2D eigenvalue weighted by atomic mass is 9.71. The zero-order valence-electron chi connectivity index (χ0n) is 22.0. The van der Waals surface area contributed by atoms with E-state index in [9.17, 15) is 19.7 Å². The molecular weight excluding hydrogens is 536 g/mol. The van der Waals surface area contributed by atoms with Crippen molar-refractivity contribution in [3.8, 4) is 11.5 Å². The number of halogens is 1. The number of rotatable bonds is 5. The van der Waals surface area contributed by atoms with Crippen molar-refractivity contribution in [2.24, 2.45) is 0 Å². The molecule has 4 aliphatic rings. The van der Waals surface area contributed by atoms with Gasteiger partial charge in [0.05, 0.1) is 22.5 Å². The third kappa shape index (κ3) is 4.83. The Hall–Kier alpha value is -3.85. The Morgan fingerprint density at radius 3 is 2.48 bits per heavy atom. The van der Waals surface area contributed by atoms with Crippen LogP contribution in [0.3, 0.4) is 0 Å². The summed E-state index contributed by atoms with van der Waals surface area (Å²) in [7, 11) is 0. The molecule has 2 aliphatic heterocycles. The molecule has 2 aromatic carbocycles. The number of nitro groups is 1. The van der Waals surface area contributed by atoms with Crippen LogP contribution in [0.4, 0.5) is 5.69 Å². The van der Waals surface area contributed by atoms with Crippen LogP contribution >= 0.6 is 11.6 Å². The van der Waals surface area contributed by atoms with Crippen LogP contribution in [0.5, 0.6) is 11.5 Å². The van der Waals surface area contributed by atoms with E-state index in [1.165, 1.54) is 12.1 Å². The summed E-state index contributed by atoms with van der Waals surface area (Å²) in [6.45, 7) is 1.69. The van der Waals surface area contributed by atoms with E-state index in [-0.39, 0.29) is 53.6 Å². The number of dihydropyridines is 1. The standard InChI is InChI=1S/C30H29ClN2O7/c1-16-27(30(35)40-20-5-3-2-4-6-20)28(21-13-25-26(39-15-38-25)14-23(21)33(36)37)29-22(32-16)11-18(12-24(29)34)17-7-9-19(31)10-8-17/h7-10,13-14,18,20,28,32H,2-6,11-12,15H2,1H3/t18-,28-/m0/s1. The number of Topliss-reactive ketones (excluding diaryl/α,β-unsaturated/α-hetero) is 1. The van der Waals surface area contributed by atoms with Gasteiger partial charge in [-0.05, 0) is 68.7 Å². The molecule has 9 nitrogen and oxygen atoms in total. The predicted molar refractivity (Wildman–Crippen MR) is 146 cm³/mol. The van der Waals surface area contributed by atoms with Crippen molar-refractivity contribution in [3.63, 3.8) is 0 Å². The molecule has 208 valence electrons. The smallest absolute Gasteiger partial charge is 0.337 e. The number of ketones is 1. The second-order valence-electron chi connectivity index (χ2n) is 10.8. The van der Waals surface area contributed by atoms with Crippen LogP contribution < -0.4 is 14.8 Å². The molecule has 0 amide bonds. The third-order valence-electron chi connectivity index (χ3n) is 8.24. The molecule has 2 heterocycles. The zero-order chi connectivity index (χ0) is 28.0. The van der Waals surface area contributed by atoms with Crippen molar-refractivity contribution in [1.29, 1.82) is 0 Å². The van der Waals surface area contributed by atoms with Gasteiger partial charge in [0.25, 0.3) is 5.69 Å². The Kier molecular flexibility index (Phi) is 7.00. The number of nitrogens with zero attached hydrogens (tertiary/aromatic N) is 1. The topological polar surface area (TPSA) is 117 Å². The summed E-state index contributed by atoms with van der Waals surface area (Å²) >= 11 is 6.08. The lowest BCUT2D eigenvalue weighted by Crippen LogP contribution is -2.37. The molecule has 0 radical (unpaired) electrons. The predicted octanol–water partition coefficient (Wildman–Crippen LogP) is 6.21. The highest BCUT2D eigenvalue weighted by atomic mass is 35.5. The molecule has 1 N–H and O–H groups in total. The van der Waals surface area contributed by atoms with Gasteiger partial charge in [-0.2, -0.15) is 0 Å². The maximum absolute atomic E-state index is 13.9. The molecule has 2 aromatic rings. The van der Waals surface area contributed by atoms with Gasteiger partial charge in [0, 0.05) is 34.0 Å². The summed E-state index contributed by atoms with van der Waals surface area (Å²) in [5, 5.41) is 16.2. The van der Waals surface area contributed by atoms with Crippen molar-refractivity contribution >= 4 is 29.0 Å². The van der Waals surface area contributed by atoms with Crippen LogP contribution in [-0.4, -0.2) is 29.6 Å². The molecule has 0 spiro atoms. The van der Waals surface area contributed by atoms with Crippen molar-refractivity contribution in [3.05, 3.63) is 85.2 Å². The minimum atomic E-state index is -0.985. The molecule has 0 saturated heterocycles. The number of allylic oxidation sites excluding steroid dienone is 3. The summed E-state index contributed by atoms with van der Waals surface area (Å²) in [5.41, 5.74) is 2.67. The van der Waals surface area contributed by atoms with Gasteiger partial charge in [-0.25, -0.2) is 4.79 Å². The fraction of sp³-hybridized carbons (Fsp3) is 0.400. The lowest BCUT2D eigenvalue weighted by molar-refractivity contribution is -0.385. The number of esters is 1. The normalized spacial score (nSPS) is 22.6. The highest BCUT2D eigenvalue weighted by molar-refractivity contribution is 6.30. The van der Waals surface area contributed by atoms with E-state index in [0.717, 1.165) is 37.7 Å². The molecule has 10 heteroatoms. The molecule has 0 aromatic heterocycles. The van der Waals surface area contributed by atoms with E-state index in [0.29, 0.717) is 34.2 Å². The molecule has 0 unspecified atom stereocenters. The Balaban J connectivity index is 1.46. The molecule has 1 fully saturated rings. The van der Waals surface area contributed by atoms with Gasteiger partial charge < -0.3 is 19.5 Å². The molecule has 2 atom stereocenters. The van der Waals surface area contributed by atoms with Gasteiger partial charge in [0.2, 0.25) is 6.79 Å². The van der Waals surface area contributed by atoms with Crippen molar-refractivity contribution in [2.45, 2.75) is 69.8 Å². The van der Waals surface area contributed by atoms with Gasteiger partial charge in [-0.15, -0.1) is 0 Å². The summed E-state index contributed by atoms with van der Waals surface area (Å²) in [4.78, 5) is 39.5. The van der Waals surface area contributed by atoms with Gasteiger partial charge >= 0.3 is 5.97 Å². The molecule has 2 aliphatic carbocycles. The monoisotopic (exact) mass is 564 g/mol. The number of carbonyl (C=O) groups is 2. The van der Waals surface area contributed by atoms with Gasteiger partial charge in [0.1, 0.15) is 6.10 Å². The molecule has 1 saturated carbocycles. The minimum Gasteiger partial charge on any atom is -0.459 e. The Morgan fingerprint density at radius 2 is 1.77 bits per heavy atom. The summed E-state index contributed by atoms with van der Waals surface area (Å²) in [5.74, 6) is -1.24. The molecule has 40 heavy (non-hydrogen) atoms. The zero-order valence-corrected chi connectivity index (χ0v) is 22.8. The van der Waals surface area contributed by atoms with E-state index in [1.807, 2.05) is 12.1 Å². The largest absolute Gasteiger partial charge is 0.459 e.